The van der Waals surface area contributed by atoms with Crippen molar-refractivity contribution in [1.82, 2.24) is 15.2 Å². The predicted molar refractivity (Wildman–Crippen MR) is 93.7 cm³/mol. The summed E-state index contributed by atoms with van der Waals surface area (Å²) in [6.07, 6.45) is 4.17. The first-order chi connectivity index (χ1) is 11.9. The van der Waals surface area contributed by atoms with Gasteiger partial charge < -0.3 is 16.0 Å². The Kier molecular flexibility index (Phi) is 6.88. The number of urea groups is 1. The molecule has 0 aromatic carbocycles. The molecule has 2 rings (SSSR count). The lowest BCUT2D eigenvalue weighted by Crippen LogP contribution is -2.39. The highest BCUT2D eigenvalue weighted by Gasteiger charge is 2.25. The van der Waals surface area contributed by atoms with Gasteiger partial charge in [-0.3, -0.25) is 14.9 Å². The van der Waals surface area contributed by atoms with E-state index in [1.165, 1.54) is 0 Å². The first kappa shape index (κ1) is 18.9. The molecule has 4 N–H and O–H groups in total. The van der Waals surface area contributed by atoms with Crippen LogP contribution in [0.4, 0.5) is 10.6 Å². The standard InChI is InChI=1S/C17H25N5O3/c1-12-4-7-19-14(11-12)20-16(24)13-5-9-22(10-6-13)8-2-3-15(23)21-17(18)25/h4,7,11,13H,2-3,5-6,8-10H2,1H3,(H,19,20,24)(H3,18,21,23,25). The predicted octanol–water partition coefficient (Wildman–Crippen LogP) is 1.02. The Balaban J connectivity index is 1.68. The van der Waals surface area contributed by atoms with Gasteiger partial charge in [-0.15, -0.1) is 0 Å². The Morgan fingerprint density at radius 1 is 1.32 bits per heavy atom. The number of nitrogens with zero attached hydrogens (tertiary/aromatic N) is 2. The third-order valence-corrected chi connectivity index (χ3v) is 4.27. The van der Waals surface area contributed by atoms with Crippen molar-refractivity contribution in [2.75, 3.05) is 25.0 Å². The van der Waals surface area contributed by atoms with Crippen molar-refractivity contribution >= 4 is 23.7 Å². The highest BCUT2D eigenvalue weighted by molar-refractivity contribution is 5.93. The van der Waals surface area contributed by atoms with Crippen LogP contribution in [0.2, 0.25) is 0 Å². The molecule has 4 amide bonds. The van der Waals surface area contributed by atoms with E-state index in [2.05, 4.69) is 20.5 Å². The quantitative estimate of drug-likeness (QED) is 0.710. The van der Waals surface area contributed by atoms with Crippen LogP contribution in [0.5, 0.6) is 0 Å². The Morgan fingerprint density at radius 2 is 2.04 bits per heavy atom. The van der Waals surface area contributed by atoms with Crippen LogP contribution in [0.15, 0.2) is 18.3 Å². The van der Waals surface area contributed by atoms with Gasteiger partial charge in [-0.25, -0.2) is 9.78 Å². The molecule has 0 bridgehead atoms. The molecule has 8 nitrogen and oxygen atoms in total. The molecule has 1 saturated heterocycles. The van der Waals surface area contributed by atoms with Crippen LogP contribution in [0.3, 0.4) is 0 Å². The minimum absolute atomic E-state index is 0.0126. The minimum atomic E-state index is -0.820. The number of aromatic nitrogens is 1. The lowest BCUT2D eigenvalue weighted by molar-refractivity contribution is -0.121. The zero-order valence-corrected chi connectivity index (χ0v) is 14.5. The largest absolute Gasteiger partial charge is 0.351 e. The maximum atomic E-state index is 12.3. The molecular weight excluding hydrogens is 322 g/mol. The van der Waals surface area contributed by atoms with Crippen molar-refractivity contribution in [2.45, 2.75) is 32.6 Å². The lowest BCUT2D eigenvalue weighted by Gasteiger charge is -2.31. The molecule has 25 heavy (non-hydrogen) atoms. The molecule has 1 aromatic heterocycles. The molecule has 1 aromatic rings. The number of carbonyl (C=O) groups excluding carboxylic acids is 3. The van der Waals surface area contributed by atoms with Gasteiger partial charge in [0, 0.05) is 18.5 Å². The van der Waals surface area contributed by atoms with Crippen LogP contribution < -0.4 is 16.4 Å². The number of imide groups is 1. The highest BCUT2D eigenvalue weighted by Crippen LogP contribution is 2.19. The number of likely N-dealkylation sites (tertiary alicyclic amines) is 1. The number of aryl methyl sites for hydroxylation is 1. The van der Waals surface area contributed by atoms with Gasteiger partial charge in [-0.2, -0.15) is 0 Å². The Morgan fingerprint density at radius 3 is 2.68 bits per heavy atom. The third-order valence-electron chi connectivity index (χ3n) is 4.27. The van der Waals surface area contributed by atoms with Crippen molar-refractivity contribution in [3.05, 3.63) is 23.9 Å². The summed E-state index contributed by atoms with van der Waals surface area (Å²) < 4.78 is 0. The van der Waals surface area contributed by atoms with Gasteiger partial charge in [0.1, 0.15) is 5.82 Å². The number of piperidine rings is 1. The maximum Gasteiger partial charge on any atom is 0.318 e. The van der Waals surface area contributed by atoms with E-state index in [4.69, 9.17) is 5.73 Å². The maximum absolute atomic E-state index is 12.3. The molecule has 0 aliphatic carbocycles. The molecule has 1 aliphatic rings. The number of pyridine rings is 1. The van der Waals surface area contributed by atoms with Gasteiger partial charge in [0.15, 0.2) is 0 Å². The highest BCUT2D eigenvalue weighted by atomic mass is 16.2. The van der Waals surface area contributed by atoms with E-state index >= 15 is 0 Å². The van der Waals surface area contributed by atoms with Crippen LogP contribution in [0, 0.1) is 12.8 Å². The Hall–Kier alpha value is -2.48. The summed E-state index contributed by atoms with van der Waals surface area (Å²) in [7, 11) is 0. The van der Waals surface area contributed by atoms with Crippen molar-refractivity contribution in [1.29, 1.82) is 0 Å². The molecular formula is C17H25N5O3. The average molecular weight is 347 g/mol. The summed E-state index contributed by atoms with van der Waals surface area (Å²) in [5, 5.41) is 4.93. The molecule has 0 atom stereocenters. The van der Waals surface area contributed by atoms with Gasteiger partial charge in [-0.05, 0) is 63.5 Å². The molecule has 0 saturated carbocycles. The number of anilines is 1. The molecule has 0 unspecified atom stereocenters. The van der Waals surface area contributed by atoms with E-state index in [1.54, 1.807) is 6.20 Å². The topological polar surface area (TPSA) is 117 Å². The SMILES string of the molecule is Cc1ccnc(NC(=O)C2CCN(CCCC(=O)NC(N)=O)CC2)c1. The Labute approximate surface area is 147 Å². The summed E-state index contributed by atoms with van der Waals surface area (Å²) in [6.45, 7) is 4.35. The molecule has 136 valence electrons. The van der Waals surface area contributed by atoms with E-state index in [0.717, 1.165) is 38.0 Å². The second-order valence-corrected chi connectivity index (χ2v) is 6.34. The van der Waals surface area contributed by atoms with Crippen molar-refractivity contribution < 1.29 is 14.4 Å². The van der Waals surface area contributed by atoms with Crippen LogP contribution >= 0.6 is 0 Å². The van der Waals surface area contributed by atoms with E-state index in [9.17, 15) is 14.4 Å². The first-order valence-corrected chi connectivity index (χ1v) is 8.49. The fourth-order valence-corrected chi connectivity index (χ4v) is 2.91. The van der Waals surface area contributed by atoms with E-state index in [0.29, 0.717) is 12.2 Å². The van der Waals surface area contributed by atoms with Crippen molar-refractivity contribution in [2.24, 2.45) is 11.7 Å². The number of nitrogens with two attached hydrogens (primary N) is 1. The van der Waals surface area contributed by atoms with Gasteiger partial charge >= 0.3 is 6.03 Å². The average Bonchev–Trinajstić information content (AvgIpc) is 2.54. The van der Waals surface area contributed by atoms with Gasteiger partial charge in [0.25, 0.3) is 0 Å². The lowest BCUT2D eigenvalue weighted by atomic mass is 9.95. The zero-order chi connectivity index (χ0) is 18.2. The van der Waals surface area contributed by atoms with Crippen LogP contribution in [-0.2, 0) is 9.59 Å². The number of rotatable bonds is 6. The summed E-state index contributed by atoms with van der Waals surface area (Å²) >= 11 is 0. The number of carbonyl (C=O) groups is 3. The number of hydrogen-bond donors (Lipinski definition) is 3. The second kappa shape index (κ2) is 9.12. The monoisotopic (exact) mass is 347 g/mol. The number of primary amides is 1. The van der Waals surface area contributed by atoms with Crippen molar-refractivity contribution in [3.63, 3.8) is 0 Å². The number of amides is 4. The normalized spacial score (nSPS) is 15.6. The fraction of sp³-hybridized carbons (Fsp3) is 0.529. The second-order valence-electron chi connectivity index (χ2n) is 6.34. The summed E-state index contributed by atoms with van der Waals surface area (Å²) in [4.78, 5) is 40.6. The van der Waals surface area contributed by atoms with Gasteiger partial charge in [0.05, 0.1) is 0 Å². The molecule has 8 heteroatoms. The van der Waals surface area contributed by atoms with Gasteiger partial charge in [0.2, 0.25) is 11.8 Å². The first-order valence-electron chi connectivity index (χ1n) is 8.49. The zero-order valence-electron chi connectivity index (χ0n) is 14.5. The molecule has 2 heterocycles. The van der Waals surface area contributed by atoms with E-state index in [-0.39, 0.29) is 24.2 Å². The molecule has 1 aliphatic heterocycles. The third kappa shape index (κ3) is 6.50. The van der Waals surface area contributed by atoms with Crippen LogP contribution in [-0.4, -0.2) is 47.4 Å². The van der Waals surface area contributed by atoms with Gasteiger partial charge in [-0.1, -0.05) is 0 Å². The Bertz CT molecular complexity index is 626. The van der Waals surface area contributed by atoms with Crippen LogP contribution in [0.1, 0.15) is 31.2 Å². The van der Waals surface area contributed by atoms with E-state index in [1.807, 2.05) is 19.1 Å². The molecule has 0 radical (unpaired) electrons. The summed E-state index contributed by atoms with van der Waals surface area (Å²) in [5.41, 5.74) is 5.95. The molecule has 0 spiro atoms. The molecule has 1 fully saturated rings. The summed E-state index contributed by atoms with van der Waals surface area (Å²) in [5.74, 6) is 0.232. The fourth-order valence-electron chi connectivity index (χ4n) is 2.91. The minimum Gasteiger partial charge on any atom is -0.351 e. The number of nitrogens with one attached hydrogen (secondary N) is 2. The van der Waals surface area contributed by atoms with Crippen molar-refractivity contribution in [3.8, 4) is 0 Å². The smallest absolute Gasteiger partial charge is 0.318 e. The van der Waals surface area contributed by atoms with E-state index < -0.39 is 6.03 Å². The number of hydrogen-bond acceptors (Lipinski definition) is 5. The summed E-state index contributed by atoms with van der Waals surface area (Å²) in [6, 6.07) is 2.92. The van der Waals surface area contributed by atoms with Crippen LogP contribution in [0.25, 0.3) is 0 Å².